The second-order valence-electron chi connectivity index (χ2n) is 6.10. The minimum atomic E-state index is 0.0707. The van der Waals surface area contributed by atoms with E-state index >= 15 is 0 Å². The summed E-state index contributed by atoms with van der Waals surface area (Å²) in [5.41, 5.74) is 1.60. The van der Waals surface area contributed by atoms with Crippen molar-refractivity contribution < 1.29 is 4.79 Å². The topological polar surface area (TPSA) is 56.0 Å². The highest BCUT2D eigenvalue weighted by Gasteiger charge is 2.24. The number of hydrogen-bond donors (Lipinski definition) is 0. The van der Waals surface area contributed by atoms with E-state index in [1.807, 2.05) is 44.5 Å². The van der Waals surface area contributed by atoms with E-state index in [0.717, 1.165) is 49.4 Å². The monoisotopic (exact) mass is 301 g/mol. The number of carbonyl (C=O) groups is 1. The molecule has 3 heterocycles. The molecule has 0 saturated carbocycles. The minimum absolute atomic E-state index is 0.0707. The van der Waals surface area contributed by atoms with Crippen LogP contribution >= 0.6 is 0 Å². The van der Waals surface area contributed by atoms with Crippen LogP contribution in [-0.4, -0.2) is 43.7 Å². The van der Waals surface area contributed by atoms with Crippen LogP contribution < -0.4 is 0 Å². The van der Waals surface area contributed by atoms with Crippen LogP contribution in [0.5, 0.6) is 0 Å². The van der Waals surface area contributed by atoms with Crippen LogP contribution in [0.2, 0.25) is 0 Å². The fourth-order valence-corrected chi connectivity index (χ4v) is 3.24. The summed E-state index contributed by atoms with van der Waals surface area (Å²) in [7, 11) is 3.75. The van der Waals surface area contributed by atoms with Gasteiger partial charge < -0.3 is 9.47 Å². The van der Waals surface area contributed by atoms with Crippen molar-refractivity contribution in [2.75, 3.05) is 13.6 Å². The number of nitrogens with zero attached hydrogens (tertiary/aromatic N) is 5. The Morgan fingerprint density at radius 1 is 1.50 bits per heavy atom. The number of imidazole rings is 1. The van der Waals surface area contributed by atoms with Crippen molar-refractivity contribution in [2.24, 2.45) is 13.0 Å². The van der Waals surface area contributed by atoms with Crippen molar-refractivity contribution in [1.29, 1.82) is 0 Å². The Kier molecular flexibility index (Phi) is 4.00. The predicted molar refractivity (Wildman–Crippen MR) is 83.6 cm³/mol. The number of hydrogen-bond acceptors (Lipinski definition) is 3. The van der Waals surface area contributed by atoms with Gasteiger partial charge in [-0.3, -0.25) is 9.48 Å². The van der Waals surface area contributed by atoms with E-state index in [9.17, 15) is 4.79 Å². The first kappa shape index (κ1) is 14.8. The van der Waals surface area contributed by atoms with Crippen molar-refractivity contribution >= 4 is 5.91 Å². The molecule has 1 amide bonds. The third kappa shape index (κ3) is 2.77. The van der Waals surface area contributed by atoms with Crippen LogP contribution in [0, 0.1) is 5.92 Å². The Bertz CT molecular complexity index is 672. The van der Waals surface area contributed by atoms with E-state index < -0.39 is 0 Å². The lowest BCUT2D eigenvalue weighted by molar-refractivity contribution is 0.0759. The van der Waals surface area contributed by atoms with Crippen molar-refractivity contribution in [3.8, 4) is 0 Å². The number of aromatic nitrogens is 4. The fourth-order valence-electron chi connectivity index (χ4n) is 3.24. The predicted octanol–water partition coefficient (Wildman–Crippen LogP) is 1.51. The average Bonchev–Trinajstić information content (AvgIpc) is 3.11. The van der Waals surface area contributed by atoms with E-state index in [2.05, 4.69) is 14.6 Å². The number of aryl methyl sites for hydroxylation is 3. The lowest BCUT2D eigenvalue weighted by atomic mass is 9.98. The Labute approximate surface area is 130 Å². The van der Waals surface area contributed by atoms with Gasteiger partial charge in [-0.25, -0.2) is 4.98 Å². The molecule has 0 spiro atoms. The van der Waals surface area contributed by atoms with E-state index in [4.69, 9.17) is 0 Å². The Morgan fingerprint density at radius 2 is 2.32 bits per heavy atom. The van der Waals surface area contributed by atoms with E-state index in [1.165, 1.54) is 0 Å². The lowest BCUT2D eigenvalue weighted by Crippen LogP contribution is -2.35. The lowest BCUT2D eigenvalue weighted by Gasteiger charge is -2.28. The second-order valence-corrected chi connectivity index (χ2v) is 6.10. The quantitative estimate of drug-likeness (QED) is 0.860. The molecule has 0 unspecified atom stereocenters. The summed E-state index contributed by atoms with van der Waals surface area (Å²) < 4.78 is 3.92. The molecule has 0 radical (unpaired) electrons. The molecule has 22 heavy (non-hydrogen) atoms. The van der Waals surface area contributed by atoms with Crippen LogP contribution in [0.4, 0.5) is 0 Å². The van der Waals surface area contributed by atoms with E-state index in [0.29, 0.717) is 5.92 Å². The standard InChI is InChI=1S/C16H23N5O/c1-4-14-13(11-20(3)18-14)16(22)19(2)9-12-5-6-15-17-7-8-21(15)10-12/h7-8,11-12H,4-6,9-10H2,1-3H3/t12-/m1/s1. The molecule has 2 aromatic rings. The zero-order valence-electron chi connectivity index (χ0n) is 13.5. The molecule has 0 aromatic carbocycles. The Hall–Kier alpha value is -2.11. The van der Waals surface area contributed by atoms with Crippen molar-refractivity contribution in [2.45, 2.75) is 32.7 Å². The van der Waals surface area contributed by atoms with Crippen molar-refractivity contribution in [3.05, 3.63) is 35.7 Å². The molecule has 3 rings (SSSR count). The fraction of sp³-hybridized carbons (Fsp3) is 0.562. The van der Waals surface area contributed by atoms with Crippen LogP contribution in [0.25, 0.3) is 0 Å². The van der Waals surface area contributed by atoms with Gasteiger partial charge in [0, 0.05) is 52.2 Å². The maximum absolute atomic E-state index is 12.7. The number of carbonyl (C=O) groups excluding carboxylic acids is 1. The maximum atomic E-state index is 12.7. The van der Waals surface area contributed by atoms with Crippen LogP contribution in [0.15, 0.2) is 18.6 Å². The van der Waals surface area contributed by atoms with Gasteiger partial charge in [-0.05, 0) is 18.8 Å². The molecular weight excluding hydrogens is 278 g/mol. The molecule has 118 valence electrons. The molecule has 6 nitrogen and oxygen atoms in total. The van der Waals surface area contributed by atoms with Gasteiger partial charge in [0.1, 0.15) is 5.82 Å². The first-order valence-corrected chi connectivity index (χ1v) is 7.86. The highest BCUT2D eigenvalue weighted by atomic mass is 16.2. The first-order chi connectivity index (χ1) is 10.6. The van der Waals surface area contributed by atoms with E-state index in [1.54, 1.807) is 4.68 Å². The molecule has 2 aromatic heterocycles. The molecule has 0 N–H and O–H groups in total. The Balaban J connectivity index is 1.67. The molecule has 0 aliphatic carbocycles. The average molecular weight is 301 g/mol. The molecule has 1 aliphatic rings. The largest absolute Gasteiger partial charge is 0.341 e. The number of fused-ring (bicyclic) bond motifs is 1. The van der Waals surface area contributed by atoms with Gasteiger partial charge in [0.05, 0.1) is 11.3 Å². The van der Waals surface area contributed by atoms with Gasteiger partial charge in [0.25, 0.3) is 5.91 Å². The molecule has 6 heteroatoms. The van der Waals surface area contributed by atoms with Gasteiger partial charge in [-0.1, -0.05) is 6.92 Å². The van der Waals surface area contributed by atoms with E-state index in [-0.39, 0.29) is 5.91 Å². The summed E-state index contributed by atoms with van der Waals surface area (Å²) in [6.07, 6.45) is 8.56. The maximum Gasteiger partial charge on any atom is 0.257 e. The molecule has 1 atom stereocenters. The van der Waals surface area contributed by atoms with Gasteiger partial charge >= 0.3 is 0 Å². The zero-order chi connectivity index (χ0) is 15.7. The smallest absolute Gasteiger partial charge is 0.257 e. The third-order valence-corrected chi connectivity index (χ3v) is 4.38. The number of rotatable bonds is 4. The highest BCUT2D eigenvalue weighted by molar-refractivity contribution is 5.95. The third-order valence-electron chi connectivity index (χ3n) is 4.38. The Morgan fingerprint density at radius 3 is 3.09 bits per heavy atom. The molecular formula is C16H23N5O. The molecule has 0 bridgehead atoms. The SMILES string of the molecule is CCc1nn(C)cc1C(=O)N(C)C[C@H]1CCc2nccn2C1. The summed E-state index contributed by atoms with van der Waals surface area (Å²) in [6, 6.07) is 0. The van der Waals surface area contributed by atoms with Crippen LogP contribution in [-0.2, 0) is 26.4 Å². The minimum Gasteiger partial charge on any atom is -0.341 e. The van der Waals surface area contributed by atoms with Gasteiger partial charge in [0.15, 0.2) is 0 Å². The summed E-state index contributed by atoms with van der Waals surface area (Å²) in [6.45, 7) is 3.75. The second kappa shape index (κ2) is 5.94. The first-order valence-electron chi connectivity index (χ1n) is 7.86. The normalized spacial score (nSPS) is 17.3. The molecule has 1 aliphatic heterocycles. The van der Waals surface area contributed by atoms with Gasteiger partial charge in [0.2, 0.25) is 0 Å². The van der Waals surface area contributed by atoms with Gasteiger partial charge in [-0.2, -0.15) is 5.10 Å². The summed E-state index contributed by atoms with van der Waals surface area (Å²) >= 11 is 0. The van der Waals surface area contributed by atoms with Crippen molar-refractivity contribution in [1.82, 2.24) is 24.2 Å². The zero-order valence-corrected chi connectivity index (χ0v) is 13.5. The van der Waals surface area contributed by atoms with Crippen molar-refractivity contribution in [3.63, 3.8) is 0 Å². The molecule has 0 saturated heterocycles. The van der Waals surface area contributed by atoms with Gasteiger partial charge in [-0.15, -0.1) is 0 Å². The highest BCUT2D eigenvalue weighted by Crippen LogP contribution is 2.20. The summed E-state index contributed by atoms with van der Waals surface area (Å²) in [5, 5.41) is 4.36. The molecule has 0 fully saturated rings. The summed E-state index contributed by atoms with van der Waals surface area (Å²) in [4.78, 5) is 18.8. The van der Waals surface area contributed by atoms with Crippen LogP contribution in [0.3, 0.4) is 0 Å². The summed E-state index contributed by atoms with van der Waals surface area (Å²) in [5.74, 6) is 1.71. The van der Waals surface area contributed by atoms with Crippen LogP contribution in [0.1, 0.15) is 35.2 Å². The number of amides is 1.